The van der Waals surface area contributed by atoms with Gasteiger partial charge in [0.2, 0.25) is 5.13 Å². The fraction of sp³-hybridized carbons (Fsp3) is 0.364. The minimum absolute atomic E-state index is 0.0597. The van der Waals surface area contributed by atoms with Gasteiger partial charge in [-0.05, 0) is 26.8 Å². The zero-order chi connectivity index (χ0) is 12.6. The van der Waals surface area contributed by atoms with Crippen LogP contribution in [0.3, 0.4) is 0 Å². The molecule has 0 N–H and O–H groups in total. The van der Waals surface area contributed by atoms with Crippen molar-refractivity contribution >= 4 is 28.7 Å². The van der Waals surface area contributed by atoms with Gasteiger partial charge in [0, 0.05) is 17.0 Å². The van der Waals surface area contributed by atoms with Crippen molar-refractivity contribution in [3.05, 3.63) is 28.5 Å². The van der Waals surface area contributed by atoms with E-state index < -0.39 is 5.38 Å². The number of carbonyl (C=O) groups is 1. The van der Waals surface area contributed by atoms with Crippen LogP contribution in [0.1, 0.15) is 28.7 Å². The largest absolute Gasteiger partial charge is 0.292 e. The van der Waals surface area contributed by atoms with Crippen LogP contribution in [0.4, 0.5) is 0 Å². The summed E-state index contributed by atoms with van der Waals surface area (Å²) < 4.78 is 1.92. The molecule has 2 rings (SSSR count). The number of hydrogen-bond donors (Lipinski definition) is 0. The van der Waals surface area contributed by atoms with Crippen LogP contribution in [0.25, 0.3) is 5.13 Å². The molecule has 90 valence electrons. The summed E-state index contributed by atoms with van der Waals surface area (Å²) in [4.78, 5) is 11.9. The Morgan fingerprint density at radius 3 is 2.76 bits per heavy atom. The first kappa shape index (κ1) is 12.3. The van der Waals surface area contributed by atoms with Gasteiger partial charge >= 0.3 is 0 Å². The molecule has 6 heteroatoms. The van der Waals surface area contributed by atoms with E-state index in [2.05, 4.69) is 10.2 Å². The molecule has 0 aliphatic carbocycles. The lowest BCUT2D eigenvalue weighted by molar-refractivity contribution is 0.0991. The summed E-state index contributed by atoms with van der Waals surface area (Å²) in [6.07, 6.45) is 0. The number of Topliss-reactive ketones (excluding diaryl/α,β-unsaturated/α-hetero) is 1. The van der Waals surface area contributed by atoms with Gasteiger partial charge in [-0.3, -0.25) is 9.36 Å². The van der Waals surface area contributed by atoms with Gasteiger partial charge in [-0.15, -0.1) is 21.8 Å². The summed E-state index contributed by atoms with van der Waals surface area (Å²) in [5.41, 5.74) is 4.14. The second-order valence-corrected chi connectivity index (χ2v) is 5.29. The molecule has 0 aliphatic heterocycles. The van der Waals surface area contributed by atoms with Crippen LogP contribution in [-0.4, -0.2) is 25.9 Å². The molecule has 1 unspecified atom stereocenters. The third-order valence-corrected chi connectivity index (χ3v) is 3.47. The van der Waals surface area contributed by atoms with Gasteiger partial charge < -0.3 is 0 Å². The Hall–Kier alpha value is -1.20. The smallest absolute Gasteiger partial charge is 0.216 e. The first-order valence-corrected chi connectivity index (χ1v) is 6.47. The number of hydrogen-bond acceptors (Lipinski definition) is 4. The number of halogens is 1. The van der Waals surface area contributed by atoms with Crippen LogP contribution in [0.15, 0.2) is 11.6 Å². The van der Waals surface area contributed by atoms with Gasteiger partial charge in [0.1, 0.15) is 5.51 Å². The first-order valence-electron chi connectivity index (χ1n) is 5.16. The summed E-state index contributed by atoms with van der Waals surface area (Å²) in [5, 5.41) is 8.07. The zero-order valence-corrected chi connectivity index (χ0v) is 11.3. The minimum Gasteiger partial charge on any atom is -0.292 e. The highest BCUT2D eigenvalue weighted by molar-refractivity contribution is 7.11. The fourth-order valence-corrected chi connectivity index (χ4v) is 2.57. The monoisotopic (exact) mass is 269 g/mol. The van der Waals surface area contributed by atoms with E-state index in [9.17, 15) is 4.79 Å². The molecule has 2 aromatic rings. The van der Waals surface area contributed by atoms with Crippen LogP contribution in [0, 0.1) is 13.8 Å². The SMILES string of the molecule is Cc1cc(C(=O)C(C)Cl)c(C)n1-c1nncs1. The molecule has 0 radical (unpaired) electrons. The Morgan fingerprint density at radius 2 is 2.24 bits per heavy atom. The highest BCUT2D eigenvalue weighted by atomic mass is 35.5. The van der Waals surface area contributed by atoms with E-state index in [0.29, 0.717) is 5.56 Å². The van der Waals surface area contributed by atoms with Crippen molar-refractivity contribution in [2.45, 2.75) is 26.1 Å². The van der Waals surface area contributed by atoms with Crippen molar-refractivity contribution in [3.63, 3.8) is 0 Å². The zero-order valence-electron chi connectivity index (χ0n) is 9.77. The maximum atomic E-state index is 11.9. The van der Waals surface area contributed by atoms with Crippen molar-refractivity contribution in [3.8, 4) is 5.13 Å². The molecule has 0 saturated carbocycles. The van der Waals surface area contributed by atoms with Crippen LogP contribution < -0.4 is 0 Å². The molecule has 0 bridgehead atoms. The molecule has 0 fully saturated rings. The highest BCUT2D eigenvalue weighted by Crippen LogP contribution is 2.23. The molecule has 0 aliphatic rings. The predicted octanol–water partition coefficient (Wildman–Crippen LogP) is 2.76. The lowest BCUT2D eigenvalue weighted by Gasteiger charge is -2.05. The van der Waals surface area contributed by atoms with Crippen LogP contribution in [0.2, 0.25) is 0 Å². The van der Waals surface area contributed by atoms with E-state index in [0.717, 1.165) is 16.5 Å². The standard InChI is InChI=1S/C11H12ClN3OS/c1-6-4-9(10(16)7(2)12)8(3)15(6)11-14-13-5-17-11/h4-5,7H,1-3H3. The van der Waals surface area contributed by atoms with Gasteiger partial charge in [0.05, 0.1) is 5.38 Å². The lowest BCUT2D eigenvalue weighted by Crippen LogP contribution is -2.11. The maximum Gasteiger partial charge on any atom is 0.216 e. The predicted molar refractivity (Wildman–Crippen MR) is 68.4 cm³/mol. The van der Waals surface area contributed by atoms with Crippen molar-refractivity contribution in [1.82, 2.24) is 14.8 Å². The highest BCUT2D eigenvalue weighted by Gasteiger charge is 2.20. The van der Waals surface area contributed by atoms with Crippen molar-refractivity contribution in [1.29, 1.82) is 0 Å². The Kier molecular flexibility index (Phi) is 3.31. The molecule has 1 atom stereocenters. The second kappa shape index (κ2) is 4.58. The van der Waals surface area contributed by atoms with E-state index in [-0.39, 0.29) is 5.78 Å². The Labute approximate surface area is 108 Å². The van der Waals surface area contributed by atoms with E-state index in [1.807, 2.05) is 24.5 Å². The van der Waals surface area contributed by atoms with E-state index in [1.165, 1.54) is 11.3 Å². The number of aromatic nitrogens is 3. The molecule has 2 heterocycles. The van der Waals surface area contributed by atoms with E-state index in [4.69, 9.17) is 11.6 Å². The van der Waals surface area contributed by atoms with Gasteiger partial charge in [-0.25, -0.2) is 0 Å². The molecule has 17 heavy (non-hydrogen) atoms. The van der Waals surface area contributed by atoms with Gasteiger partial charge in [-0.2, -0.15) is 0 Å². The Morgan fingerprint density at radius 1 is 1.53 bits per heavy atom. The molecule has 4 nitrogen and oxygen atoms in total. The quantitative estimate of drug-likeness (QED) is 0.636. The van der Waals surface area contributed by atoms with Crippen LogP contribution >= 0.6 is 22.9 Å². The molecular weight excluding hydrogens is 258 g/mol. The van der Waals surface area contributed by atoms with Crippen molar-refractivity contribution in [2.24, 2.45) is 0 Å². The molecule has 2 aromatic heterocycles. The summed E-state index contributed by atoms with van der Waals surface area (Å²) in [6.45, 7) is 5.51. The molecular formula is C11H12ClN3OS. The van der Waals surface area contributed by atoms with E-state index >= 15 is 0 Å². The third-order valence-electron chi connectivity index (χ3n) is 2.60. The number of ketones is 1. The number of alkyl halides is 1. The molecule has 0 amide bonds. The first-order chi connectivity index (χ1) is 8.02. The number of carbonyl (C=O) groups excluding carboxylic acids is 1. The average molecular weight is 270 g/mol. The van der Waals surface area contributed by atoms with Crippen LogP contribution in [-0.2, 0) is 0 Å². The molecule has 0 aromatic carbocycles. The Bertz CT molecular complexity index is 545. The molecule has 0 spiro atoms. The second-order valence-electron chi connectivity index (χ2n) is 3.82. The Balaban J connectivity index is 2.54. The number of nitrogens with zero attached hydrogens (tertiary/aromatic N) is 3. The summed E-state index contributed by atoms with van der Waals surface area (Å²) in [6, 6.07) is 1.85. The topological polar surface area (TPSA) is 47.8 Å². The summed E-state index contributed by atoms with van der Waals surface area (Å²) in [5.74, 6) is -0.0597. The number of rotatable bonds is 3. The average Bonchev–Trinajstić information content (AvgIpc) is 2.85. The lowest BCUT2D eigenvalue weighted by atomic mass is 10.1. The fourth-order valence-electron chi connectivity index (χ4n) is 1.79. The third kappa shape index (κ3) is 2.12. The van der Waals surface area contributed by atoms with Crippen LogP contribution in [0.5, 0.6) is 0 Å². The minimum atomic E-state index is -0.515. The van der Waals surface area contributed by atoms with Gasteiger partial charge in [0.15, 0.2) is 5.78 Å². The van der Waals surface area contributed by atoms with E-state index in [1.54, 1.807) is 12.4 Å². The number of aryl methyl sites for hydroxylation is 1. The summed E-state index contributed by atoms with van der Waals surface area (Å²) in [7, 11) is 0. The van der Waals surface area contributed by atoms with Crippen molar-refractivity contribution in [2.75, 3.05) is 0 Å². The van der Waals surface area contributed by atoms with Gasteiger partial charge in [0.25, 0.3) is 0 Å². The van der Waals surface area contributed by atoms with Crippen molar-refractivity contribution < 1.29 is 4.79 Å². The molecule has 0 saturated heterocycles. The summed E-state index contributed by atoms with van der Waals surface area (Å²) >= 11 is 7.27. The van der Waals surface area contributed by atoms with Gasteiger partial charge in [-0.1, -0.05) is 11.3 Å². The maximum absolute atomic E-state index is 11.9. The normalized spacial score (nSPS) is 12.7.